The number of nitrogens with zero attached hydrogens (tertiary/aromatic N) is 2. The zero-order valence-electron chi connectivity index (χ0n) is 19.9. The molecule has 0 bridgehead atoms. The van der Waals surface area contributed by atoms with Gasteiger partial charge in [-0.05, 0) is 61.1 Å². The van der Waals surface area contributed by atoms with E-state index in [1.54, 1.807) is 9.80 Å². The lowest BCUT2D eigenvalue weighted by molar-refractivity contribution is -0.143. The largest absolute Gasteiger partial charge is 0.380 e. The molecule has 0 unspecified atom stereocenters. The van der Waals surface area contributed by atoms with E-state index in [4.69, 9.17) is 0 Å². The van der Waals surface area contributed by atoms with E-state index in [2.05, 4.69) is 5.32 Å². The Morgan fingerprint density at radius 2 is 1.53 bits per heavy atom. The lowest BCUT2D eigenvalue weighted by Crippen LogP contribution is -2.53. The summed E-state index contributed by atoms with van der Waals surface area (Å²) >= 11 is 0. The third-order valence-corrected chi connectivity index (χ3v) is 6.93. The lowest BCUT2D eigenvalue weighted by Gasteiger charge is -2.35. The summed E-state index contributed by atoms with van der Waals surface area (Å²) in [5, 5.41) is 13.0. The summed E-state index contributed by atoms with van der Waals surface area (Å²) in [6.07, 6.45) is 2.69. The third kappa shape index (κ3) is 5.14. The van der Waals surface area contributed by atoms with Crippen molar-refractivity contribution in [3.05, 3.63) is 54.1 Å². The molecule has 0 atom stereocenters. The molecule has 0 spiro atoms. The molecule has 34 heavy (non-hydrogen) atoms. The Labute approximate surface area is 200 Å². The highest BCUT2D eigenvalue weighted by atomic mass is 16.3. The van der Waals surface area contributed by atoms with Gasteiger partial charge in [0.15, 0.2) is 0 Å². The number of hydrogen-bond acceptors (Lipinski definition) is 4. The highest BCUT2D eigenvalue weighted by molar-refractivity contribution is 5.95. The van der Waals surface area contributed by atoms with E-state index in [9.17, 15) is 19.5 Å². The fourth-order valence-corrected chi connectivity index (χ4v) is 4.41. The second kappa shape index (κ2) is 9.97. The average molecular weight is 464 g/mol. The molecule has 180 valence electrons. The highest BCUT2D eigenvalue weighted by Gasteiger charge is 2.50. The zero-order valence-corrected chi connectivity index (χ0v) is 19.9. The molecule has 1 aliphatic carbocycles. The standard InChI is InChI=1S/C27H33N3O4/c1-3-19(4-2)24(31)28-23-7-5-6-22(18-23)20-8-10-21(11-9-20)25(32)29-14-16-30(17-15-29)26(33)27(34)12-13-27/h5-11,18-19,34H,3-4,12-17H2,1-2H3,(H,28,31). The first-order valence-corrected chi connectivity index (χ1v) is 12.2. The van der Waals surface area contributed by atoms with Crippen LogP contribution in [-0.4, -0.2) is 64.4 Å². The number of nitrogens with one attached hydrogen (secondary N) is 1. The van der Waals surface area contributed by atoms with Crippen molar-refractivity contribution in [3.8, 4) is 11.1 Å². The van der Waals surface area contributed by atoms with Crippen LogP contribution in [0.4, 0.5) is 5.69 Å². The minimum Gasteiger partial charge on any atom is -0.380 e. The Kier molecular flexibility index (Phi) is 7.03. The van der Waals surface area contributed by atoms with Gasteiger partial charge in [-0.2, -0.15) is 0 Å². The maximum absolute atomic E-state index is 13.0. The van der Waals surface area contributed by atoms with Crippen molar-refractivity contribution in [2.75, 3.05) is 31.5 Å². The normalized spacial score (nSPS) is 16.9. The van der Waals surface area contributed by atoms with Gasteiger partial charge < -0.3 is 20.2 Å². The Hall–Kier alpha value is -3.19. The quantitative estimate of drug-likeness (QED) is 0.657. The summed E-state index contributed by atoms with van der Waals surface area (Å²) < 4.78 is 0. The molecule has 2 N–H and O–H groups in total. The monoisotopic (exact) mass is 463 g/mol. The SMILES string of the molecule is CCC(CC)C(=O)Nc1cccc(-c2ccc(C(=O)N3CCN(C(=O)C4(O)CC4)CC3)cc2)c1. The molecule has 1 aliphatic heterocycles. The fourth-order valence-electron chi connectivity index (χ4n) is 4.41. The van der Waals surface area contributed by atoms with Crippen LogP contribution < -0.4 is 5.32 Å². The van der Waals surface area contributed by atoms with Crippen LogP contribution >= 0.6 is 0 Å². The summed E-state index contributed by atoms with van der Waals surface area (Å²) in [5.74, 6) is -0.221. The highest BCUT2D eigenvalue weighted by Crippen LogP contribution is 2.37. The number of carbonyl (C=O) groups excluding carboxylic acids is 3. The second-order valence-corrected chi connectivity index (χ2v) is 9.28. The molecule has 7 heteroatoms. The number of aliphatic hydroxyl groups is 1. The maximum atomic E-state index is 13.0. The van der Waals surface area contributed by atoms with Crippen molar-refractivity contribution in [1.82, 2.24) is 9.80 Å². The van der Waals surface area contributed by atoms with Gasteiger partial charge in [0.05, 0.1) is 0 Å². The first-order chi connectivity index (χ1) is 16.3. The van der Waals surface area contributed by atoms with Gasteiger partial charge in [0.1, 0.15) is 5.60 Å². The Morgan fingerprint density at radius 3 is 2.12 bits per heavy atom. The van der Waals surface area contributed by atoms with Gasteiger partial charge in [-0.3, -0.25) is 14.4 Å². The fraction of sp³-hybridized carbons (Fsp3) is 0.444. The van der Waals surface area contributed by atoms with E-state index in [-0.39, 0.29) is 23.6 Å². The number of piperazine rings is 1. The number of anilines is 1. The van der Waals surface area contributed by atoms with Gasteiger partial charge in [0.2, 0.25) is 5.91 Å². The van der Waals surface area contributed by atoms with E-state index in [0.29, 0.717) is 44.6 Å². The number of hydrogen-bond donors (Lipinski definition) is 2. The summed E-state index contributed by atoms with van der Waals surface area (Å²) in [4.78, 5) is 41.1. The minimum atomic E-state index is -1.16. The first-order valence-electron chi connectivity index (χ1n) is 12.2. The molecular formula is C27H33N3O4. The van der Waals surface area contributed by atoms with Crippen LogP contribution in [0.1, 0.15) is 49.9 Å². The molecular weight excluding hydrogens is 430 g/mol. The molecule has 1 heterocycles. The number of rotatable bonds is 7. The van der Waals surface area contributed by atoms with Crippen LogP contribution in [0.2, 0.25) is 0 Å². The van der Waals surface area contributed by atoms with Gasteiger partial charge in [-0.1, -0.05) is 38.1 Å². The van der Waals surface area contributed by atoms with Crippen molar-refractivity contribution < 1.29 is 19.5 Å². The zero-order chi connectivity index (χ0) is 24.3. The van der Waals surface area contributed by atoms with Crippen LogP contribution in [0.3, 0.4) is 0 Å². The molecule has 0 radical (unpaired) electrons. The Morgan fingerprint density at radius 1 is 0.912 bits per heavy atom. The molecule has 0 aromatic heterocycles. The molecule has 1 saturated heterocycles. The van der Waals surface area contributed by atoms with E-state index in [1.165, 1.54) is 0 Å². The molecule has 4 rings (SSSR count). The summed E-state index contributed by atoms with van der Waals surface area (Å²) in [7, 11) is 0. The van der Waals surface area contributed by atoms with E-state index >= 15 is 0 Å². The molecule has 1 saturated carbocycles. The number of benzene rings is 2. The van der Waals surface area contributed by atoms with Crippen molar-refractivity contribution in [2.45, 2.75) is 45.1 Å². The van der Waals surface area contributed by atoms with Crippen LogP contribution in [0.5, 0.6) is 0 Å². The molecule has 2 aromatic rings. The molecule has 2 aliphatic rings. The van der Waals surface area contributed by atoms with Crippen molar-refractivity contribution >= 4 is 23.4 Å². The smallest absolute Gasteiger partial charge is 0.254 e. The molecule has 2 aromatic carbocycles. The topological polar surface area (TPSA) is 90.0 Å². The van der Waals surface area contributed by atoms with Gasteiger partial charge in [-0.25, -0.2) is 0 Å². The van der Waals surface area contributed by atoms with Crippen molar-refractivity contribution in [2.24, 2.45) is 5.92 Å². The predicted octanol–water partition coefficient (Wildman–Crippen LogP) is 3.54. The van der Waals surface area contributed by atoms with Crippen LogP contribution in [0.25, 0.3) is 11.1 Å². The predicted molar refractivity (Wildman–Crippen MR) is 131 cm³/mol. The molecule has 7 nitrogen and oxygen atoms in total. The van der Waals surface area contributed by atoms with Crippen molar-refractivity contribution in [1.29, 1.82) is 0 Å². The maximum Gasteiger partial charge on any atom is 0.254 e. The van der Waals surface area contributed by atoms with Crippen LogP contribution in [0, 0.1) is 5.92 Å². The summed E-state index contributed by atoms with van der Waals surface area (Å²) in [6, 6.07) is 15.2. The second-order valence-electron chi connectivity index (χ2n) is 9.28. The Bertz CT molecular complexity index is 1050. The van der Waals surface area contributed by atoms with Gasteiger partial charge in [0.25, 0.3) is 11.8 Å². The van der Waals surface area contributed by atoms with Gasteiger partial charge in [0, 0.05) is 43.3 Å². The van der Waals surface area contributed by atoms with E-state index in [0.717, 1.165) is 29.7 Å². The van der Waals surface area contributed by atoms with E-state index < -0.39 is 5.60 Å². The molecule has 2 fully saturated rings. The van der Waals surface area contributed by atoms with Crippen molar-refractivity contribution in [3.63, 3.8) is 0 Å². The van der Waals surface area contributed by atoms with Gasteiger partial charge in [-0.15, -0.1) is 0 Å². The average Bonchev–Trinajstić information content (AvgIpc) is 3.62. The van der Waals surface area contributed by atoms with Crippen LogP contribution in [-0.2, 0) is 9.59 Å². The minimum absolute atomic E-state index is 0.00685. The first kappa shape index (κ1) is 24.0. The number of amides is 3. The van der Waals surface area contributed by atoms with E-state index in [1.807, 2.05) is 62.4 Å². The summed E-state index contributed by atoms with van der Waals surface area (Å²) in [6.45, 7) is 5.84. The molecule has 3 amide bonds. The summed E-state index contributed by atoms with van der Waals surface area (Å²) in [5.41, 5.74) is 2.13. The lowest BCUT2D eigenvalue weighted by atomic mass is 10.0. The van der Waals surface area contributed by atoms with Gasteiger partial charge >= 0.3 is 0 Å². The Balaban J connectivity index is 1.37. The third-order valence-electron chi connectivity index (χ3n) is 6.93. The number of carbonyl (C=O) groups is 3. The van der Waals surface area contributed by atoms with Crippen LogP contribution in [0.15, 0.2) is 48.5 Å².